The molecule has 10 nitrogen and oxygen atoms in total. The van der Waals surface area contributed by atoms with Crippen LogP contribution in [0.2, 0.25) is 5.02 Å². The minimum atomic E-state index is -0.442. The molecule has 0 spiro atoms. The predicted octanol–water partition coefficient (Wildman–Crippen LogP) is 2.74. The number of nitrogen functional groups attached to an aromatic ring is 1. The van der Waals surface area contributed by atoms with Crippen molar-refractivity contribution in [3.8, 4) is 11.5 Å². The average molecular weight is 479 g/mol. The zero-order valence-electron chi connectivity index (χ0n) is 18.3. The molecule has 178 valence electrons. The Hall–Kier alpha value is -3.08. The largest absolute Gasteiger partial charge is 0.496 e. The molecule has 0 radical (unpaired) electrons. The van der Waals surface area contributed by atoms with Crippen LogP contribution in [0.4, 0.5) is 11.4 Å². The molecule has 0 aromatic heterocycles. The van der Waals surface area contributed by atoms with Gasteiger partial charge in [0, 0.05) is 44.4 Å². The molecule has 1 unspecified atom stereocenters. The molecule has 0 saturated carbocycles. The van der Waals surface area contributed by atoms with Crippen molar-refractivity contribution < 1.29 is 23.9 Å². The fourth-order valence-electron chi connectivity index (χ4n) is 3.47. The molecule has 11 heteroatoms. The lowest BCUT2D eigenvalue weighted by atomic mass is 10.1. The highest BCUT2D eigenvalue weighted by Gasteiger charge is 2.22. The van der Waals surface area contributed by atoms with Gasteiger partial charge >= 0.3 is 0 Å². The van der Waals surface area contributed by atoms with Gasteiger partial charge in [0.2, 0.25) is 0 Å². The smallest absolute Gasteiger partial charge is 0.269 e. The maximum absolute atomic E-state index is 12.6. The van der Waals surface area contributed by atoms with Crippen LogP contribution >= 0.6 is 11.6 Å². The minimum Gasteiger partial charge on any atom is -0.496 e. The summed E-state index contributed by atoms with van der Waals surface area (Å²) in [6.45, 7) is 3.69. The van der Waals surface area contributed by atoms with Crippen LogP contribution in [0.5, 0.6) is 11.5 Å². The molecular formula is C22H27ClN4O6. The lowest BCUT2D eigenvalue weighted by Crippen LogP contribution is -2.47. The summed E-state index contributed by atoms with van der Waals surface area (Å²) in [5.74, 6) is 0.640. The van der Waals surface area contributed by atoms with E-state index in [1.54, 1.807) is 12.1 Å². The minimum absolute atomic E-state index is 0.0340. The Bertz CT molecular complexity index is 972. The molecule has 3 N–H and O–H groups in total. The molecule has 1 aliphatic heterocycles. The summed E-state index contributed by atoms with van der Waals surface area (Å²) in [5, 5.41) is 13.9. The fraction of sp³-hybridized carbons (Fsp3) is 0.409. The Kier molecular flexibility index (Phi) is 8.70. The lowest BCUT2D eigenvalue weighted by molar-refractivity contribution is -0.384. The number of nitro benzene ring substituents is 1. The fourth-order valence-corrected chi connectivity index (χ4v) is 3.63. The van der Waals surface area contributed by atoms with Gasteiger partial charge in [-0.2, -0.15) is 0 Å². The number of ether oxygens (including phenoxy) is 3. The summed E-state index contributed by atoms with van der Waals surface area (Å²) in [7, 11) is 1.47. The third-order valence-electron chi connectivity index (χ3n) is 5.21. The number of nitrogens with two attached hydrogens (primary N) is 1. The second-order valence-electron chi connectivity index (χ2n) is 7.53. The Morgan fingerprint density at radius 2 is 2.12 bits per heavy atom. The Labute approximate surface area is 196 Å². The number of nitro groups is 1. The maximum Gasteiger partial charge on any atom is 0.269 e. The van der Waals surface area contributed by atoms with Gasteiger partial charge in [-0.1, -0.05) is 11.6 Å². The lowest BCUT2D eigenvalue weighted by Gasteiger charge is -2.33. The number of carbonyl (C=O) groups is 1. The molecule has 1 atom stereocenters. The SMILES string of the molecule is COc1cc(N)c(Cl)cc1C(=O)NCC1CN(CCCOc2ccc([N+](=O)[O-])cc2)CCO1. The highest BCUT2D eigenvalue weighted by molar-refractivity contribution is 6.33. The van der Waals surface area contributed by atoms with Gasteiger partial charge in [-0.3, -0.25) is 19.8 Å². The number of hydrogen-bond acceptors (Lipinski definition) is 8. The van der Waals surface area contributed by atoms with Crippen molar-refractivity contribution in [2.75, 3.05) is 52.2 Å². The summed E-state index contributed by atoms with van der Waals surface area (Å²) in [6.07, 6.45) is 0.644. The van der Waals surface area contributed by atoms with Crippen molar-refractivity contribution in [1.29, 1.82) is 0 Å². The number of nitrogens with one attached hydrogen (secondary N) is 1. The van der Waals surface area contributed by atoms with Gasteiger partial charge in [-0.15, -0.1) is 0 Å². The molecule has 3 rings (SSSR count). The molecule has 1 fully saturated rings. The molecular weight excluding hydrogens is 452 g/mol. The van der Waals surface area contributed by atoms with Crippen molar-refractivity contribution in [2.24, 2.45) is 0 Å². The second kappa shape index (κ2) is 11.7. The number of benzene rings is 2. The van der Waals surface area contributed by atoms with Gasteiger partial charge in [-0.05, 0) is 24.6 Å². The highest BCUT2D eigenvalue weighted by atomic mass is 35.5. The van der Waals surface area contributed by atoms with Crippen LogP contribution in [0.15, 0.2) is 36.4 Å². The van der Waals surface area contributed by atoms with E-state index in [1.807, 2.05) is 0 Å². The number of anilines is 1. The predicted molar refractivity (Wildman–Crippen MR) is 124 cm³/mol. The first-order chi connectivity index (χ1) is 15.9. The molecule has 1 amide bonds. The van der Waals surface area contributed by atoms with E-state index in [1.165, 1.54) is 31.4 Å². The van der Waals surface area contributed by atoms with E-state index in [-0.39, 0.29) is 22.7 Å². The summed E-state index contributed by atoms with van der Waals surface area (Å²) in [6, 6.07) is 9.04. The van der Waals surface area contributed by atoms with Crippen molar-refractivity contribution in [3.05, 3.63) is 57.1 Å². The van der Waals surface area contributed by atoms with Gasteiger partial charge in [0.05, 0.1) is 47.6 Å². The summed E-state index contributed by atoms with van der Waals surface area (Å²) in [5.41, 5.74) is 6.46. The van der Waals surface area contributed by atoms with Gasteiger partial charge in [0.25, 0.3) is 11.6 Å². The molecule has 1 heterocycles. The van der Waals surface area contributed by atoms with Crippen LogP contribution in [0.1, 0.15) is 16.8 Å². The zero-order valence-corrected chi connectivity index (χ0v) is 19.0. The number of carbonyl (C=O) groups excluding carboxylic acids is 1. The van der Waals surface area contributed by atoms with Crippen molar-refractivity contribution in [1.82, 2.24) is 10.2 Å². The molecule has 0 aliphatic carbocycles. The third-order valence-corrected chi connectivity index (χ3v) is 5.54. The number of methoxy groups -OCH3 is 1. The van der Waals surface area contributed by atoms with E-state index in [2.05, 4.69) is 10.2 Å². The quantitative estimate of drug-likeness (QED) is 0.231. The monoisotopic (exact) mass is 478 g/mol. The first-order valence-electron chi connectivity index (χ1n) is 10.5. The number of hydrogen-bond donors (Lipinski definition) is 2. The number of non-ortho nitro benzene ring substituents is 1. The van der Waals surface area contributed by atoms with E-state index in [9.17, 15) is 14.9 Å². The topological polar surface area (TPSA) is 129 Å². The van der Waals surface area contributed by atoms with E-state index in [4.69, 9.17) is 31.5 Å². The van der Waals surface area contributed by atoms with Crippen LogP contribution in [-0.2, 0) is 4.74 Å². The average Bonchev–Trinajstić information content (AvgIpc) is 2.82. The van der Waals surface area contributed by atoms with Crippen molar-refractivity contribution in [3.63, 3.8) is 0 Å². The van der Waals surface area contributed by atoms with Crippen LogP contribution in [0.3, 0.4) is 0 Å². The summed E-state index contributed by atoms with van der Waals surface area (Å²) in [4.78, 5) is 25.1. The molecule has 2 aromatic rings. The van der Waals surface area contributed by atoms with Crippen LogP contribution in [-0.4, -0.2) is 68.3 Å². The van der Waals surface area contributed by atoms with Crippen molar-refractivity contribution >= 4 is 28.9 Å². The summed E-state index contributed by atoms with van der Waals surface area (Å²) >= 11 is 6.04. The number of halogens is 1. The van der Waals surface area contributed by atoms with Crippen LogP contribution in [0.25, 0.3) is 0 Å². The normalized spacial score (nSPS) is 16.2. The highest BCUT2D eigenvalue weighted by Crippen LogP contribution is 2.28. The molecule has 1 saturated heterocycles. The van der Waals surface area contributed by atoms with Gasteiger partial charge in [0.1, 0.15) is 11.5 Å². The number of rotatable bonds is 10. The third kappa shape index (κ3) is 6.95. The maximum atomic E-state index is 12.6. The van der Waals surface area contributed by atoms with E-state index in [0.717, 1.165) is 19.5 Å². The molecule has 33 heavy (non-hydrogen) atoms. The molecule has 2 aromatic carbocycles. The van der Waals surface area contributed by atoms with Crippen LogP contribution < -0.4 is 20.5 Å². The number of nitrogens with zero attached hydrogens (tertiary/aromatic N) is 2. The molecule has 0 bridgehead atoms. The first-order valence-corrected chi connectivity index (χ1v) is 10.9. The summed E-state index contributed by atoms with van der Waals surface area (Å²) < 4.78 is 16.7. The second-order valence-corrected chi connectivity index (χ2v) is 7.94. The first kappa shape index (κ1) is 24.6. The standard InChI is InChI=1S/C22H27ClN4O6/c1-31-21-12-20(24)19(23)11-18(21)22(28)25-13-17-14-26(8-10-33-17)7-2-9-32-16-5-3-15(4-6-16)27(29)30/h3-6,11-12,17H,2,7-10,13-14,24H2,1H3,(H,25,28). The van der Waals surface area contributed by atoms with Gasteiger partial charge < -0.3 is 25.3 Å². The van der Waals surface area contributed by atoms with Crippen LogP contribution in [0, 0.1) is 10.1 Å². The van der Waals surface area contributed by atoms with E-state index < -0.39 is 4.92 Å². The zero-order chi connectivity index (χ0) is 23.8. The van der Waals surface area contributed by atoms with Gasteiger partial charge in [-0.25, -0.2) is 0 Å². The van der Waals surface area contributed by atoms with Gasteiger partial charge in [0.15, 0.2) is 0 Å². The van der Waals surface area contributed by atoms with E-state index >= 15 is 0 Å². The Morgan fingerprint density at radius 1 is 1.36 bits per heavy atom. The molecule has 1 aliphatic rings. The Morgan fingerprint density at radius 3 is 2.82 bits per heavy atom. The Balaban J connectivity index is 1.41. The number of amides is 1. The number of morpholine rings is 1. The van der Waals surface area contributed by atoms with Crippen molar-refractivity contribution in [2.45, 2.75) is 12.5 Å². The van der Waals surface area contributed by atoms with E-state index in [0.29, 0.717) is 49.1 Å².